The normalized spacial score (nSPS) is 23.0. The first-order chi connectivity index (χ1) is 12.3. The molecule has 0 bridgehead atoms. The summed E-state index contributed by atoms with van der Waals surface area (Å²) in [4.78, 5) is 0. The van der Waals surface area contributed by atoms with Gasteiger partial charge in [0.25, 0.3) is 0 Å². The summed E-state index contributed by atoms with van der Waals surface area (Å²) >= 11 is 2.04. The molecule has 2 nitrogen and oxygen atoms in total. The molecular weight excluding hydrogens is 326 g/mol. The van der Waals surface area contributed by atoms with Crippen LogP contribution in [-0.2, 0) is 0 Å². The fraction of sp³-hybridized carbons (Fsp3) is 0.273. The fourth-order valence-corrected chi connectivity index (χ4v) is 5.46. The van der Waals surface area contributed by atoms with E-state index in [4.69, 9.17) is 4.74 Å². The van der Waals surface area contributed by atoms with Crippen molar-refractivity contribution >= 4 is 22.5 Å². The van der Waals surface area contributed by atoms with Gasteiger partial charge in [0.2, 0.25) is 0 Å². The maximum absolute atomic E-state index is 5.46. The number of benzene rings is 3. The van der Waals surface area contributed by atoms with E-state index in [2.05, 4.69) is 73.0 Å². The second kappa shape index (κ2) is 7.11. The van der Waals surface area contributed by atoms with Crippen LogP contribution in [0, 0.1) is 0 Å². The zero-order valence-corrected chi connectivity index (χ0v) is 15.4. The lowest BCUT2D eigenvalue weighted by atomic mass is 9.87. The number of rotatable bonds is 4. The van der Waals surface area contributed by atoms with Crippen molar-refractivity contribution in [2.45, 2.75) is 23.0 Å². The third-order valence-electron chi connectivity index (χ3n) is 5.12. The first-order valence-corrected chi connectivity index (χ1v) is 9.69. The van der Waals surface area contributed by atoms with Gasteiger partial charge in [-0.05, 0) is 47.5 Å². The van der Waals surface area contributed by atoms with Gasteiger partial charge in [-0.2, -0.15) is 0 Å². The predicted octanol–water partition coefficient (Wildman–Crippen LogP) is 5.36. The topological polar surface area (TPSA) is 21.3 Å². The lowest BCUT2D eigenvalue weighted by Gasteiger charge is -2.21. The SMILES string of the molecule is CNC1CC(c2cccc(OC)c2)C(c2cccc3ccccc23)S1. The Balaban J connectivity index is 1.79. The number of hydrogen-bond donors (Lipinski definition) is 1. The Kier molecular flexibility index (Phi) is 4.69. The van der Waals surface area contributed by atoms with Crippen molar-refractivity contribution in [1.29, 1.82) is 0 Å². The zero-order chi connectivity index (χ0) is 17.2. The molecule has 0 saturated carbocycles. The average Bonchev–Trinajstić information content (AvgIpc) is 3.12. The second-order valence-electron chi connectivity index (χ2n) is 6.52. The highest BCUT2D eigenvalue weighted by Gasteiger charge is 2.37. The maximum Gasteiger partial charge on any atom is 0.119 e. The molecule has 128 valence electrons. The lowest BCUT2D eigenvalue weighted by molar-refractivity contribution is 0.413. The van der Waals surface area contributed by atoms with Gasteiger partial charge in [0.15, 0.2) is 0 Å². The summed E-state index contributed by atoms with van der Waals surface area (Å²) in [5.41, 5.74) is 2.80. The molecule has 25 heavy (non-hydrogen) atoms. The van der Waals surface area contributed by atoms with Crippen LogP contribution in [0.25, 0.3) is 10.8 Å². The molecule has 3 heteroatoms. The largest absolute Gasteiger partial charge is 0.497 e. The summed E-state index contributed by atoms with van der Waals surface area (Å²) in [6.45, 7) is 0. The van der Waals surface area contributed by atoms with Crippen LogP contribution in [0.5, 0.6) is 5.75 Å². The molecule has 1 saturated heterocycles. The van der Waals surface area contributed by atoms with Gasteiger partial charge in [0, 0.05) is 11.2 Å². The predicted molar refractivity (Wildman–Crippen MR) is 107 cm³/mol. The summed E-state index contributed by atoms with van der Waals surface area (Å²) in [6, 6.07) is 24.0. The molecule has 1 aliphatic heterocycles. The van der Waals surface area contributed by atoms with Crippen LogP contribution >= 0.6 is 11.8 Å². The summed E-state index contributed by atoms with van der Waals surface area (Å²) in [5.74, 6) is 1.41. The monoisotopic (exact) mass is 349 g/mol. The number of thioether (sulfide) groups is 1. The van der Waals surface area contributed by atoms with Gasteiger partial charge in [-0.1, -0.05) is 54.6 Å². The molecular formula is C22H23NOS. The van der Waals surface area contributed by atoms with Crippen molar-refractivity contribution in [3.63, 3.8) is 0 Å². The highest BCUT2D eigenvalue weighted by Crippen LogP contribution is 2.54. The quantitative estimate of drug-likeness (QED) is 0.685. The molecule has 0 aliphatic carbocycles. The van der Waals surface area contributed by atoms with E-state index in [0.717, 1.165) is 12.2 Å². The highest BCUT2D eigenvalue weighted by molar-refractivity contribution is 8.00. The van der Waals surface area contributed by atoms with Gasteiger partial charge >= 0.3 is 0 Å². The fourth-order valence-electron chi connectivity index (χ4n) is 3.84. The van der Waals surface area contributed by atoms with Gasteiger partial charge < -0.3 is 10.1 Å². The van der Waals surface area contributed by atoms with E-state index in [-0.39, 0.29) is 0 Å². The summed E-state index contributed by atoms with van der Waals surface area (Å²) in [5, 5.41) is 7.07. The minimum atomic E-state index is 0.440. The first kappa shape index (κ1) is 16.5. The van der Waals surface area contributed by atoms with Crippen LogP contribution in [0.3, 0.4) is 0 Å². The van der Waals surface area contributed by atoms with E-state index in [1.807, 2.05) is 17.8 Å². The van der Waals surface area contributed by atoms with Crippen molar-refractivity contribution in [3.05, 3.63) is 77.9 Å². The molecule has 3 unspecified atom stereocenters. The Hall–Kier alpha value is -1.97. The van der Waals surface area contributed by atoms with Gasteiger partial charge in [-0.3, -0.25) is 0 Å². The van der Waals surface area contributed by atoms with E-state index in [0.29, 0.717) is 16.5 Å². The molecule has 1 aliphatic rings. The molecule has 3 aromatic carbocycles. The second-order valence-corrected chi connectivity index (χ2v) is 7.87. The van der Waals surface area contributed by atoms with Crippen molar-refractivity contribution in [2.75, 3.05) is 14.2 Å². The van der Waals surface area contributed by atoms with Gasteiger partial charge in [-0.25, -0.2) is 0 Å². The molecule has 3 aromatic rings. The Morgan fingerprint density at radius 2 is 1.80 bits per heavy atom. The van der Waals surface area contributed by atoms with Crippen LogP contribution < -0.4 is 10.1 Å². The third kappa shape index (κ3) is 3.14. The molecule has 0 radical (unpaired) electrons. The van der Waals surface area contributed by atoms with Gasteiger partial charge in [0.1, 0.15) is 5.75 Å². The number of fused-ring (bicyclic) bond motifs is 1. The lowest BCUT2D eigenvalue weighted by Crippen LogP contribution is -2.18. The van der Waals surface area contributed by atoms with Crippen LogP contribution in [0.4, 0.5) is 0 Å². The average molecular weight is 349 g/mol. The highest BCUT2D eigenvalue weighted by atomic mass is 32.2. The van der Waals surface area contributed by atoms with Crippen molar-refractivity contribution in [2.24, 2.45) is 0 Å². The van der Waals surface area contributed by atoms with Crippen LogP contribution in [0.1, 0.15) is 28.7 Å². The van der Waals surface area contributed by atoms with Crippen molar-refractivity contribution in [3.8, 4) is 5.75 Å². The van der Waals surface area contributed by atoms with Crippen molar-refractivity contribution in [1.82, 2.24) is 5.32 Å². The minimum absolute atomic E-state index is 0.440. The number of hydrogen-bond acceptors (Lipinski definition) is 3. The molecule has 1 fully saturated rings. The maximum atomic E-state index is 5.46. The Bertz CT molecular complexity index is 873. The molecule has 1 heterocycles. The minimum Gasteiger partial charge on any atom is -0.497 e. The van der Waals surface area contributed by atoms with Gasteiger partial charge in [-0.15, -0.1) is 11.8 Å². The summed E-state index contributed by atoms with van der Waals surface area (Å²) < 4.78 is 5.46. The number of methoxy groups -OCH3 is 1. The van der Waals surface area contributed by atoms with E-state index in [9.17, 15) is 0 Å². The van der Waals surface area contributed by atoms with E-state index in [1.54, 1.807) is 7.11 Å². The third-order valence-corrected chi connectivity index (χ3v) is 6.75. The van der Waals surface area contributed by atoms with E-state index >= 15 is 0 Å². The van der Waals surface area contributed by atoms with E-state index < -0.39 is 0 Å². The molecule has 0 spiro atoms. The van der Waals surface area contributed by atoms with E-state index in [1.165, 1.54) is 21.9 Å². The van der Waals surface area contributed by atoms with Gasteiger partial charge in [0.05, 0.1) is 12.5 Å². The molecule has 1 N–H and O–H groups in total. The van der Waals surface area contributed by atoms with Crippen LogP contribution in [-0.4, -0.2) is 19.5 Å². The zero-order valence-electron chi connectivity index (χ0n) is 14.6. The molecule has 4 rings (SSSR count). The Labute approximate surface area is 153 Å². The Morgan fingerprint density at radius 1 is 1.00 bits per heavy atom. The summed E-state index contributed by atoms with van der Waals surface area (Å²) in [7, 11) is 3.80. The smallest absolute Gasteiger partial charge is 0.119 e. The first-order valence-electron chi connectivity index (χ1n) is 8.74. The number of nitrogens with one attached hydrogen (secondary N) is 1. The molecule has 3 atom stereocenters. The van der Waals surface area contributed by atoms with Crippen LogP contribution in [0.2, 0.25) is 0 Å². The Morgan fingerprint density at radius 3 is 2.64 bits per heavy atom. The van der Waals surface area contributed by atoms with Crippen LogP contribution in [0.15, 0.2) is 66.7 Å². The number of ether oxygens (including phenoxy) is 1. The summed E-state index contributed by atoms with van der Waals surface area (Å²) in [6.07, 6.45) is 1.13. The molecule has 0 aromatic heterocycles. The molecule has 0 amide bonds. The van der Waals surface area contributed by atoms with Crippen molar-refractivity contribution < 1.29 is 4.74 Å². The standard InChI is InChI=1S/C22H23NOS/c1-23-21-14-20(16-9-5-10-17(13-16)24-2)22(25-21)19-12-6-8-15-7-3-4-11-18(15)19/h3-13,20-23H,14H2,1-2H3.